The van der Waals surface area contributed by atoms with Gasteiger partial charge in [0.2, 0.25) is 0 Å². The van der Waals surface area contributed by atoms with Gasteiger partial charge < -0.3 is 25.3 Å². The van der Waals surface area contributed by atoms with Crippen molar-refractivity contribution in [3.63, 3.8) is 0 Å². The maximum atomic E-state index is 13.6. The summed E-state index contributed by atoms with van der Waals surface area (Å²) in [6.07, 6.45) is 5.00. The highest BCUT2D eigenvalue weighted by Crippen LogP contribution is 2.33. The summed E-state index contributed by atoms with van der Waals surface area (Å²) in [6, 6.07) is 4.82. The van der Waals surface area contributed by atoms with Crippen molar-refractivity contribution in [2.24, 2.45) is 0 Å². The monoisotopic (exact) mass is 455 g/mol. The van der Waals surface area contributed by atoms with Crippen LogP contribution in [-0.2, 0) is 4.74 Å². The zero-order valence-corrected chi connectivity index (χ0v) is 18.4. The lowest BCUT2D eigenvalue weighted by Gasteiger charge is -2.35. The molecule has 3 N–H and O–H groups in total. The third-order valence-corrected chi connectivity index (χ3v) is 6.51. The number of aromatic nitrogens is 4. The normalized spacial score (nSPS) is 24.1. The number of hydrogen-bond acceptors (Lipinski definition) is 7. The minimum absolute atomic E-state index is 0.100. The Kier molecular flexibility index (Phi) is 5.49. The average molecular weight is 455 g/mol. The predicted octanol–water partition coefficient (Wildman–Crippen LogP) is 2.26. The number of nitrogens with zero attached hydrogens (tertiary/aromatic N) is 4. The fourth-order valence-electron chi connectivity index (χ4n) is 4.22. The molecule has 3 aromatic rings. The Labute approximate surface area is 189 Å². The van der Waals surface area contributed by atoms with Crippen molar-refractivity contribution in [3.8, 4) is 0 Å². The topological polar surface area (TPSA) is 115 Å². The highest BCUT2D eigenvalue weighted by molar-refractivity contribution is 6.00. The number of halogens is 1. The van der Waals surface area contributed by atoms with Crippen LogP contribution in [0.1, 0.15) is 42.1 Å². The van der Waals surface area contributed by atoms with Crippen molar-refractivity contribution in [3.05, 3.63) is 46.5 Å². The first kappa shape index (κ1) is 21.4. The number of methoxy groups -OCH3 is 1. The maximum absolute atomic E-state index is 13.6. The molecule has 174 valence electrons. The van der Waals surface area contributed by atoms with Crippen LogP contribution in [0.5, 0.6) is 0 Å². The quantitative estimate of drug-likeness (QED) is 0.501. The first-order chi connectivity index (χ1) is 16.0. The van der Waals surface area contributed by atoms with E-state index in [0.29, 0.717) is 35.8 Å². The average Bonchev–Trinajstić information content (AvgIpc) is 3.21. The van der Waals surface area contributed by atoms with Gasteiger partial charge in [-0.3, -0.25) is 9.59 Å². The molecule has 0 aliphatic heterocycles. The number of pyridine rings is 1. The van der Waals surface area contributed by atoms with Gasteiger partial charge in [-0.1, -0.05) is 0 Å². The van der Waals surface area contributed by atoms with Crippen molar-refractivity contribution < 1.29 is 13.9 Å². The lowest BCUT2D eigenvalue weighted by molar-refractivity contribution is 0.00522. The number of ether oxygens (including phenoxy) is 1. The number of amides is 1. The van der Waals surface area contributed by atoms with Crippen LogP contribution < -0.4 is 21.5 Å². The van der Waals surface area contributed by atoms with Crippen LogP contribution in [0.25, 0.3) is 5.65 Å². The van der Waals surface area contributed by atoms with E-state index in [1.54, 1.807) is 37.1 Å². The number of rotatable bonds is 7. The highest BCUT2D eigenvalue weighted by Gasteiger charge is 2.33. The highest BCUT2D eigenvalue weighted by atomic mass is 19.1. The molecule has 2 atom stereocenters. The molecule has 0 spiro atoms. The summed E-state index contributed by atoms with van der Waals surface area (Å²) in [7, 11) is 3.40. The van der Waals surface area contributed by atoms with E-state index in [9.17, 15) is 14.0 Å². The second-order valence-electron chi connectivity index (χ2n) is 8.49. The van der Waals surface area contributed by atoms with Crippen molar-refractivity contribution >= 4 is 28.9 Å². The largest absolute Gasteiger partial charge is 0.381 e. The molecule has 0 bridgehead atoms. The summed E-state index contributed by atoms with van der Waals surface area (Å²) >= 11 is 0. The zero-order chi connectivity index (χ0) is 23.1. The van der Waals surface area contributed by atoms with Crippen LogP contribution in [-0.4, -0.2) is 57.5 Å². The number of anilines is 3. The summed E-state index contributed by atoms with van der Waals surface area (Å²) in [5.41, 5.74) is 0.752. The minimum atomic E-state index is -1.02. The van der Waals surface area contributed by atoms with Gasteiger partial charge in [-0.25, -0.2) is 9.37 Å². The Balaban J connectivity index is 1.44. The zero-order valence-electron chi connectivity index (χ0n) is 18.4. The van der Waals surface area contributed by atoms with Gasteiger partial charge in [0, 0.05) is 32.5 Å². The van der Waals surface area contributed by atoms with Gasteiger partial charge in [0.05, 0.1) is 18.3 Å². The summed E-state index contributed by atoms with van der Waals surface area (Å²) in [4.78, 5) is 30.3. The van der Waals surface area contributed by atoms with Crippen LogP contribution in [0, 0.1) is 0 Å². The lowest BCUT2D eigenvalue weighted by Crippen LogP contribution is -2.48. The number of fused-ring (bicyclic) bond motifs is 1. The molecule has 2 saturated carbocycles. The molecule has 2 fully saturated rings. The van der Waals surface area contributed by atoms with E-state index in [1.807, 2.05) is 6.07 Å². The fourth-order valence-corrected chi connectivity index (χ4v) is 4.22. The molecular formula is C22H26FN7O3. The van der Waals surface area contributed by atoms with Gasteiger partial charge >= 0.3 is 0 Å². The van der Waals surface area contributed by atoms with Crippen LogP contribution in [0.15, 0.2) is 35.4 Å². The molecule has 0 saturated heterocycles. The molecule has 3 aromatic heterocycles. The molecule has 5 rings (SSSR count). The van der Waals surface area contributed by atoms with Crippen molar-refractivity contribution in [1.82, 2.24) is 24.5 Å². The first-order valence-corrected chi connectivity index (χ1v) is 11.0. The van der Waals surface area contributed by atoms with Gasteiger partial charge in [-0.15, -0.1) is 0 Å². The number of carbonyl (C=O) groups is 1. The summed E-state index contributed by atoms with van der Waals surface area (Å²) < 4.78 is 22.1. The molecule has 2 aliphatic rings. The Morgan fingerprint density at radius 3 is 2.79 bits per heavy atom. The maximum Gasteiger partial charge on any atom is 0.274 e. The first-order valence-electron chi connectivity index (χ1n) is 11.0. The van der Waals surface area contributed by atoms with Gasteiger partial charge in [0.1, 0.15) is 29.1 Å². The number of alkyl halides is 1. The van der Waals surface area contributed by atoms with Crippen molar-refractivity contribution in [2.45, 2.75) is 50.0 Å². The molecular weight excluding hydrogens is 429 g/mol. The van der Waals surface area contributed by atoms with Gasteiger partial charge in [-0.05, 0) is 37.8 Å². The molecule has 0 aromatic carbocycles. The van der Waals surface area contributed by atoms with E-state index in [-0.39, 0.29) is 23.3 Å². The van der Waals surface area contributed by atoms with Crippen molar-refractivity contribution in [2.75, 3.05) is 24.8 Å². The minimum Gasteiger partial charge on any atom is -0.381 e. The van der Waals surface area contributed by atoms with E-state index in [0.717, 1.165) is 12.8 Å². The van der Waals surface area contributed by atoms with Crippen LogP contribution in [0.4, 0.5) is 21.7 Å². The van der Waals surface area contributed by atoms with E-state index >= 15 is 0 Å². The van der Waals surface area contributed by atoms with Crippen LogP contribution in [0.2, 0.25) is 0 Å². The Morgan fingerprint density at radius 1 is 1.30 bits per heavy atom. The van der Waals surface area contributed by atoms with E-state index in [4.69, 9.17) is 4.74 Å². The summed E-state index contributed by atoms with van der Waals surface area (Å²) in [5, 5.41) is 13.1. The standard InChI is InChI=1S/C22H26FN7O3/c1-24-19-10-18(26-17-4-3-7-29(22(17)32)12-8-13(9-12)33-2)28-20-14(11-25-30(19)20)21(31)27-16-6-5-15(16)23/h3-4,7,10-13,15-16,24H,5-6,8-9H2,1-2H3,(H,26,28)(H,27,31)/t12-,13-,15-,16-/m1/s1. The number of carbonyl (C=O) groups excluding carboxylic acids is 1. The molecule has 11 heteroatoms. The van der Waals surface area contributed by atoms with E-state index in [2.05, 4.69) is 26.0 Å². The number of nitrogens with one attached hydrogen (secondary N) is 3. The summed E-state index contributed by atoms with van der Waals surface area (Å²) in [5.74, 6) is 0.530. The predicted molar refractivity (Wildman–Crippen MR) is 121 cm³/mol. The Morgan fingerprint density at radius 2 is 2.12 bits per heavy atom. The second kappa shape index (κ2) is 8.47. The fraction of sp³-hybridized carbons (Fsp3) is 0.455. The van der Waals surface area contributed by atoms with Crippen LogP contribution >= 0.6 is 0 Å². The van der Waals surface area contributed by atoms with E-state index in [1.165, 1.54) is 10.7 Å². The lowest BCUT2D eigenvalue weighted by atomic mass is 9.89. The smallest absolute Gasteiger partial charge is 0.274 e. The molecule has 3 heterocycles. The number of hydrogen-bond donors (Lipinski definition) is 3. The Hall–Kier alpha value is -3.47. The SMILES string of the molecule is CNc1cc(Nc2cccn([C@H]3C[C@H](OC)C3)c2=O)nc2c(C(=O)N[C@@H]3CC[C@H]3F)cnn12. The van der Waals surface area contributed by atoms with Gasteiger partial charge in [0.25, 0.3) is 11.5 Å². The van der Waals surface area contributed by atoms with Gasteiger partial charge in [0.15, 0.2) is 5.65 Å². The third kappa shape index (κ3) is 3.82. The molecule has 10 nitrogen and oxygen atoms in total. The molecule has 33 heavy (non-hydrogen) atoms. The molecule has 2 aliphatic carbocycles. The Bertz CT molecular complexity index is 1250. The molecule has 0 unspecified atom stereocenters. The van der Waals surface area contributed by atoms with E-state index < -0.39 is 18.1 Å². The van der Waals surface area contributed by atoms with Crippen molar-refractivity contribution in [1.29, 1.82) is 0 Å². The third-order valence-electron chi connectivity index (χ3n) is 6.51. The van der Waals surface area contributed by atoms with Gasteiger partial charge in [-0.2, -0.15) is 9.61 Å². The molecule has 1 amide bonds. The summed E-state index contributed by atoms with van der Waals surface area (Å²) in [6.45, 7) is 0. The van der Waals surface area contributed by atoms with Crippen LogP contribution in [0.3, 0.4) is 0 Å². The molecule has 0 radical (unpaired) electrons. The second-order valence-corrected chi connectivity index (χ2v) is 8.49.